The molecule has 4 nitrogen and oxygen atoms in total. The standard InChI is InChI=1S/C15H12ClN3O/c16-14-15(20)19(10-8-11-5-3-4-9-17-11)13-7-2-1-6-12(13)18-14/h1-7,9H,8,10H2. The summed E-state index contributed by atoms with van der Waals surface area (Å²) in [7, 11) is 0. The minimum atomic E-state index is -0.263. The van der Waals surface area contributed by atoms with E-state index in [9.17, 15) is 4.79 Å². The van der Waals surface area contributed by atoms with Crippen molar-refractivity contribution < 1.29 is 0 Å². The minimum Gasteiger partial charge on any atom is -0.304 e. The molecule has 0 aliphatic heterocycles. The quantitative estimate of drug-likeness (QED) is 0.743. The first-order valence-corrected chi connectivity index (χ1v) is 6.68. The topological polar surface area (TPSA) is 47.8 Å². The van der Waals surface area contributed by atoms with Crippen molar-refractivity contribution in [3.8, 4) is 0 Å². The second-order valence-electron chi connectivity index (χ2n) is 4.42. The third-order valence-corrected chi connectivity index (χ3v) is 3.38. The van der Waals surface area contributed by atoms with Crippen LogP contribution >= 0.6 is 11.6 Å². The zero-order valence-corrected chi connectivity index (χ0v) is 11.4. The molecule has 2 aromatic heterocycles. The van der Waals surface area contributed by atoms with Gasteiger partial charge in [0.05, 0.1) is 11.0 Å². The zero-order chi connectivity index (χ0) is 13.9. The number of aromatic nitrogens is 3. The molecule has 0 spiro atoms. The Balaban J connectivity index is 2.02. The van der Waals surface area contributed by atoms with E-state index in [1.54, 1.807) is 10.8 Å². The van der Waals surface area contributed by atoms with Gasteiger partial charge in [0, 0.05) is 24.9 Å². The average molecular weight is 286 g/mol. The number of aryl methyl sites for hydroxylation is 2. The highest BCUT2D eigenvalue weighted by molar-refractivity contribution is 6.29. The Kier molecular flexibility index (Phi) is 3.48. The number of pyridine rings is 1. The van der Waals surface area contributed by atoms with E-state index in [2.05, 4.69) is 9.97 Å². The lowest BCUT2D eigenvalue weighted by Gasteiger charge is -2.10. The predicted molar refractivity (Wildman–Crippen MR) is 79.0 cm³/mol. The molecule has 0 saturated heterocycles. The van der Waals surface area contributed by atoms with E-state index in [1.165, 1.54) is 0 Å². The van der Waals surface area contributed by atoms with Crippen LogP contribution in [-0.2, 0) is 13.0 Å². The maximum Gasteiger partial charge on any atom is 0.288 e. The molecule has 0 bridgehead atoms. The van der Waals surface area contributed by atoms with Crippen LogP contribution in [0.5, 0.6) is 0 Å². The first kappa shape index (κ1) is 12.8. The zero-order valence-electron chi connectivity index (χ0n) is 10.7. The molecule has 0 amide bonds. The summed E-state index contributed by atoms with van der Waals surface area (Å²) in [6.45, 7) is 0.526. The van der Waals surface area contributed by atoms with Crippen LogP contribution in [0.1, 0.15) is 5.69 Å². The highest BCUT2D eigenvalue weighted by Gasteiger charge is 2.09. The van der Waals surface area contributed by atoms with E-state index in [0.29, 0.717) is 13.0 Å². The van der Waals surface area contributed by atoms with E-state index < -0.39 is 0 Å². The van der Waals surface area contributed by atoms with Gasteiger partial charge in [-0.1, -0.05) is 29.8 Å². The number of fused-ring (bicyclic) bond motifs is 1. The molecular formula is C15H12ClN3O. The first-order chi connectivity index (χ1) is 9.75. The van der Waals surface area contributed by atoms with Gasteiger partial charge in [-0.25, -0.2) is 4.98 Å². The maximum atomic E-state index is 12.2. The molecule has 0 fully saturated rings. The van der Waals surface area contributed by atoms with Crippen LogP contribution in [0.4, 0.5) is 0 Å². The van der Waals surface area contributed by atoms with Gasteiger partial charge in [0.25, 0.3) is 5.56 Å². The fraction of sp³-hybridized carbons (Fsp3) is 0.133. The monoisotopic (exact) mass is 285 g/mol. The van der Waals surface area contributed by atoms with Gasteiger partial charge >= 0.3 is 0 Å². The van der Waals surface area contributed by atoms with Crippen LogP contribution in [-0.4, -0.2) is 14.5 Å². The van der Waals surface area contributed by atoms with Crippen LogP contribution in [0.3, 0.4) is 0 Å². The molecule has 0 N–H and O–H groups in total. The summed E-state index contributed by atoms with van der Waals surface area (Å²) >= 11 is 5.91. The molecule has 0 aliphatic carbocycles. The number of halogens is 1. The van der Waals surface area contributed by atoms with Crippen molar-refractivity contribution in [2.75, 3.05) is 0 Å². The third-order valence-electron chi connectivity index (χ3n) is 3.13. The Hall–Kier alpha value is -2.20. The molecular weight excluding hydrogens is 274 g/mol. The lowest BCUT2D eigenvalue weighted by molar-refractivity contribution is 0.681. The van der Waals surface area contributed by atoms with Gasteiger partial charge in [0.1, 0.15) is 0 Å². The smallest absolute Gasteiger partial charge is 0.288 e. The molecule has 0 radical (unpaired) electrons. The Morgan fingerprint density at radius 3 is 2.70 bits per heavy atom. The number of hydrogen-bond acceptors (Lipinski definition) is 3. The Morgan fingerprint density at radius 2 is 1.90 bits per heavy atom. The second-order valence-corrected chi connectivity index (χ2v) is 4.78. The molecule has 0 saturated carbocycles. The molecule has 3 aromatic rings. The van der Waals surface area contributed by atoms with Gasteiger partial charge in [0.2, 0.25) is 0 Å². The Labute approximate surface area is 120 Å². The predicted octanol–water partition coefficient (Wildman–Crippen LogP) is 2.69. The third kappa shape index (κ3) is 2.42. The number of nitrogens with zero attached hydrogens (tertiary/aromatic N) is 3. The molecule has 20 heavy (non-hydrogen) atoms. The van der Waals surface area contributed by atoms with Crippen molar-refractivity contribution in [1.29, 1.82) is 0 Å². The van der Waals surface area contributed by atoms with Gasteiger partial charge < -0.3 is 4.57 Å². The highest BCUT2D eigenvalue weighted by atomic mass is 35.5. The van der Waals surface area contributed by atoms with Crippen molar-refractivity contribution in [3.63, 3.8) is 0 Å². The number of para-hydroxylation sites is 2. The van der Waals surface area contributed by atoms with Crippen LogP contribution in [0, 0.1) is 0 Å². The summed E-state index contributed by atoms with van der Waals surface area (Å²) in [6, 6.07) is 13.2. The van der Waals surface area contributed by atoms with Crippen LogP contribution in [0.25, 0.3) is 11.0 Å². The highest BCUT2D eigenvalue weighted by Crippen LogP contribution is 2.12. The number of rotatable bonds is 3. The number of hydrogen-bond donors (Lipinski definition) is 0. The van der Waals surface area contributed by atoms with Gasteiger partial charge in [-0.2, -0.15) is 0 Å². The second kappa shape index (κ2) is 5.43. The summed E-state index contributed by atoms with van der Waals surface area (Å²) in [5.74, 6) is 0. The molecule has 1 aromatic carbocycles. The molecule has 3 rings (SSSR count). The van der Waals surface area contributed by atoms with E-state index in [-0.39, 0.29) is 10.7 Å². The van der Waals surface area contributed by atoms with Crippen LogP contribution in [0.2, 0.25) is 5.15 Å². The fourth-order valence-corrected chi connectivity index (χ4v) is 2.35. The van der Waals surface area contributed by atoms with Crippen molar-refractivity contribution >= 4 is 22.6 Å². The van der Waals surface area contributed by atoms with Gasteiger partial charge in [0.15, 0.2) is 5.15 Å². The fourth-order valence-electron chi connectivity index (χ4n) is 2.16. The lowest BCUT2D eigenvalue weighted by atomic mass is 10.2. The Morgan fingerprint density at radius 1 is 1.10 bits per heavy atom. The Bertz CT molecular complexity index is 799. The minimum absolute atomic E-state index is 0.00437. The van der Waals surface area contributed by atoms with E-state index in [4.69, 9.17) is 11.6 Å². The van der Waals surface area contributed by atoms with Gasteiger partial charge in [-0.15, -0.1) is 0 Å². The number of benzene rings is 1. The van der Waals surface area contributed by atoms with Crippen molar-refractivity contribution in [3.05, 3.63) is 69.9 Å². The van der Waals surface area contributed by atoms with Gasteiger partial charge in [-0.3, -0.25) is 9.78 Å². The van der Waals surface area contributed by atoms with E-state index >= 15 is 0 Å². The first-order valence-electron chi connectivity index (χ1n) is 6.31. The molecule has 0 unspecified atom stereocenters. The summed E-state index contributed by atoms with van der Waals surface area (Å²) in [5.41, 5.74) is 2.19. The van der Waals surface area contributed by atoms with Crippen molar-refractivity contribution in [2.24, 2.45) is 0 Å². The summed E-state index contributed by atoms with van der Waals surface area (Å²) in [4.78, 5) is 20.5. The average Bonchev–Trinajstić information content (AvgIpc) is 2.49. The molecule has 5 heteroatoms. The molecule has 2 heterocycles. The van der Waals surface area contributed by atoms with Gasteiger partial charge in [-0.05, 0) is 24.3 Å². The summed E-state index contributed by atoms with van der Waals surface area (Å²) in [6.07, 6.45) is 2.42. The summed E-state index contributed by atoms with van der Waals surface area (Å²) in [5, 5.41) is 0.00437. The molecule has 100 valence electrons. The van der Waals surface area contributed by atoms with Crippen LogP contribution < -0.4 is 5.56 Å². The SMILES string of the molecule is O=c1c(Cl)nc2ccccc2n1CCc1ccccn1. The maximum absolute atomic E-state index is 12.2. The molecule has 0 atom stereocenters. The molecule has 0 aliphatic rings. The summed E-state index contributed by atoms with van der Waals surface area (Å²) < 4.78 is 1.65. The largest absolute Gasteiger partial charge is 0.304 e. The van der Waals surface area contributed by atoms with E-state index in [0.717, 1.165) is 16.7 Å². The lowest BCUT2D eigenvalue weighted by Crippen LogP contribution is -2.23. The van der Waals surface area contributed by atoms with Crippen molar-refractivity contribution in [1.82, 2.24) is 14.5 Å². The normalized spacial score (nSPS) is 10.8. The van der Waals surface area contributed by atoms with E-state index in [1.807, 2.05) is 42.5 Å². The van der Waals surface area contributed by atoms with Crippen molar-refractivity contribution in [2.45, 2.75) is 13.0 Å². The van der Waals surface area contributed by atoms with Crippen LogP contribution in [0.15, 0.2) is 53.5 Å².